The molecule has 6 heteroatoms. The third-order valence-corrected chi connectivity index (χ3v) is 6.18. The molecule has 0 spiro atoms. The summed E-state index contributed by atoms with van der Waals surface area (Å²) >= 11 is 1.53. The number of thioether (sulfide) groups is 1. The number of aromatic nitrogens is 2. The van der Waals surface area contributed by atoms with E-state index in [1.54, 1.807) is 0 Å². The summed E-state index contributed by atoms with van der Waals surface area (Å²) in [5, 5.41) is 0.763. The molecule has 156 valence electrons. The number of rotatable bonds is 7. The smallest absolute Gasteiger partial charge is 0.187 e. The molecular formula is C24H26FN3OS. The highest BCUT2D eigenvalue weighted by Crippen LogP contribution is 2.46. The summed E-state index contributed by atoms with van der Waals surface area (Å²) in [6, 6.07) is 13.2. The number of hydrogen-bond donors (Lipinski definition) is 0. The van der Waals surface area contributed by atoms with Crippen molar-refractivity contribution in [3.8, 4) is 11.1 Å². The summed E-state index contributed by atoms with van der Waals surface area (Å²) in [7, 11) is 4.15. The fourth-order valence-electron chi connectivity index (χ4n) is 4.09. The Morgan fingerprint density at radius 2 is 1.80 bits per heavy atom. The SMILES string of the molecule is CSc1ncc(-c2ccc3c(c2)COC3(CCCN(C)C)c2ccc(F)cc2)cn1. The van der Waals surface area contributed by atoms with Gasteiger partial charge in [-0.2, -0.15) is 0 Å². The van der Waals surface area contributed by atoms with Gasteiger partial charge in [0.25, 0.3) is 0 Å². The zero-order valence-electron chi connectivity index (χ0n) is 17.6. The molecule has 0 amide bonds. The molecule has 1 aliphatic heterocycles. The van der Waals surface area contributed by atoms with Gasteiger partial charge in [0, 0.05) is 18.0 Å². The third kappa shape index (κ3) is 4.13. The quantitative estimate of drug-likeness (QED) is 0.390. The molecule has 0 N–H and O–H groups in total. The Morgan fingerprint density at radius 3 is 2.47 bits per heavy atom. The fourth-order valence-corrected chi connectivity index (χ4v) is 4.41. The second-order valence-corrected chi connectivity index (χ2v) is 8.63. The van der Waals surface area contributed by atoms with Crippen molar-refractivity contribution in [2.75, 3.05) is 26.9 Å². The summed E-state index contributed by atoms with van der Waals surface area (Å²) in [6.07, 6.45) is 7.51. The number of nitrogens with zero attached hydrogens (tertiary/aromatic N) is 3. The molecule has 2 heterocycles. The van der Waals surface area contributed by atoms with E-state index in [1.807, 2.05) is 30.8 Å². The monoisotopic (exact) mass is 423 g/mol. The van der Waals surface area contributed by atoms with Crippen LogP contribution in [0.1, 0.15) is 29.5 Å². The van der Waals surface area contributed by atoms with Crippen LogP contribution in [0.4, 0.5) is 4.39 Å². The van der Waals surface area contributed by atoms with Gasteiger partial charge in [-0.15, -0.1) is 0 Å². The first-order chi connectivity index (χ1) is 14.5. The Hall–Kier alpha value is -2.28. The maximum Gasteiger partial charge on any atom is 0.187 e. The lowest BCUT2D eigenvalue weighted by Gasteiger charge is -2.31. The van der Waals surface area contributed by atoms with Crippen molar-refractivity contribution in [2.45, 2.75) is 30.2 Å². The minimum Gasteiger partial charge on any atom is -0.361 e. The Bertz CT molecular complexity index is 1010. The van der Waals surface area contributed by atoms with Crippen LogP contribution in [-0.4, -0.2) is 41.8 Å². The number of ether oxygens (including phenoxy) is 1. The van der Waals surface area contributed by atoms with Gasteiger partial charge in [0.05, 0.1) is 6.61 Å². The topological polar surface area (TPSA) is 38.2 Å². The van der Waals surface area contributed by atoms with Crippen LogP contribution in [0, 0.1) is 5.82 Å². The van der Waals surface area contributed by atoms with Crippen LogP contribution in [-0.2, 0) is 16.9 Å². The van der Waals surface area contributed by atoms with Crippen LogP contribution in [0.3, 0.4) is 0 Å². The third-order valence-electron chi connectivity index (χ3n) is 5.60. The van der Waals surface area contributed by atoms with Crippen molar-refractivity contribution in [1.29, 1.82) is 0 Å². The summed E-state index contributed by atoms with van der Waals surface area (Å²) in [5.41, 5.74) is 4.85. The normalized spacial score (nSPS) is 18.0. The summed E-state index contributed by atoms with van der Waals surface area (Å²) < 4.78 is 20.1. The van der Waals surface area contributed by atoms with Crippen LogP contribution >= 0.6 is 11.8 Å². The first-order valence-corrected chi connectivity index (χ1v) is 11.3. The maximum atomic E-state index is 13.6. The van der Waals surface area contributed by atoms with E-state index in [1.165, 1.54) is 29.5 Å². The van der Waals surface area contributed by atoms with E-state index >= 15 is 0 Å². The standard InChI is InChI=1S/C24H26FN3OS/c1-28(2)12-4-11-24(20-6-8-21(25)9-7-20)22-10-5-17(13-18(22)16-29-24)19-14-26-23(30-3)27-15-19/h5-10,13-15H,4,11-12,16H2,1-3H3. The molecule has 1 aliphatic rings. The van der Waals surface area contributed by atoms with Gasteiger partial charge in [-0.05, 0) is 80.2 Å². The van der Waals surface area contributed by atoms with Gasteiger partial charge in [0.15, 0.2) is 5.16 Å². The lowest BCUT2D eigenvalue weighted by molar-refractivity contribution is -0.0140. The van der Waals surface area contributed by atoms with Crippen LogP contribution in [0.2, 0.25) is 0 Å². The first kappa shape index (κ1) is 21.0. The Labute approximate surface area is 181 Å². The molecule has 2 aromatic carbocycles. The summed E-state index contributed by atoms with van der Waals surface area (Å²) in [5.74, 6) is -0.232. The Balaban J connectivity index is 1.70. The molecule has 1 unspecified atom stereocenters. The minimum absolute atomic E-state index is 0.232. The van der Waals surface area contributed by atoms with Gasteiger partial charge in [-0.3, -0.25) is 0 Å². The lowest BCUT2D eigenvalue weighted by Crippen LogP contribution is -2.28. The largest absolute Gasteiger partial charge is 0.361 e. The van der Waals surface area contributed by atoms with Crippen LogP contribution in [0.15, 0.2) is 60.0 Å². The van der Waals surface area contributed by atoms with Crippen LogP contribution in [0.5, 0.6) is 0 Å². The second-order valence-electron chi connectivity index (χ2n) is 7.86. The molecule has 0 saturated carbocycles. The minimum atomic E-state index is -0.545. The second kappa shape index (κ2) is 8.84. The van der Waals surface area contributed by atoms with Crippen molar-refractivity contribution >= 4 is 11.8 Å². The zero-order chi connectivity index (χ0) is 21.1. The molecular weight excluding hydrogens is 397 g/mol. The van der Waals surface area contributed by atoms with E-state index in [9.17, 15) is 4.39 Å². The Kier molecular flexibility index (Phi) is 6.18. The van der Waals surface area contributed by atoms with E-state index in [4.69, 9.17) is 4.74 Å². The lowest BCUT2D eigenvalue weighted by atomic mass is 9.81. The predicted molar refractivity (Wildman–Crippen MR) is 119 cm³/mol. The molecule has 1 aromatic heterocycles. The molecule has 0 radical (unpaired) electrons. The van der Waals surface area contributed by atoms with Gasteiger partial charge in [-0.25, -0.2) is 14.4 Å². The highest BCUT2D eigenvalue weighted by Gasteiger charge is 2.41. The van der Waals surface area contributed by atoms with E-state index in [0.717, 1.165) is 46.8 Å². The van der Waals surface area contributed by atoms with E-state index < -0.39 is 5.60 Å². The molecule has 0 saturated heterocycles. The van der Waals surface area contributed by atoms with Gasteiger partial charge in [0.2, 0.25) is 0 Å². The van der Waals surface area contributed by atoms with Crippen molar-refractivity contribution in [3.05, 3.63) is 77.4 Å². The van der Waals surface area contributed by atoms with Gasteiger partial charge >= 0.3 is 0 Å². The molecule has 3 aromatic rings. The number of benzene rings is 2. The average Bonchev–Trinajstić information content (AvgIpc) is 3.13. The first-order valence-electron chi connectivity index (χ1n) is 10.1. The number of hydrogen-bond acceptors (Lipinski definition) is 5. The molecule has 4 rings (SSSR count). The van der Waals surface area contributed by atoms with Gasteiger partial charge < -0.3 is 9.64 Å². The van der Waals surface area contributed by atoms with Crippen molar-refractivity contribution in [3.63, 3.8) is 0 Å². The van der Waals surface area contributed by atoms with Crippen molar-refractivity contribution in [1.82, 2.24) is 14.9 Å². The average molecular weight is 424 g/mol. The van der Waals surface area contributed by atoms with E-state index in [0.29, 0.717) is 6.61 Å². The number of halogens is 1. The Morgan fingerprint density at radius 1 is 1.07 bits per heavy atom. The van der Waals surface area contributed by atoms with Crippen LogP contribution in [0.25, 0.3) is 11.1 Å². The van der Waals surface area contributed by atoms with Gasteiger partial charge in [0.1, 0.15) is 11.4 Å². The highest BCUT2D eigenvalue weighted by molar-refractivity contribution is 7.98. The van der Waals surface area contributed by atoms with E-state index in [2.05, 4.69) is 47.2 Å². The van der Waals surface area contributed by atoms with Crippen LogP contribution < -0.4 is 0 Å². The molecule has 1 atom stereocenters. The fraction of sp³-hybridized carbons (Fsp3) is 0.333. The molecule has 30 heavy (non-hydrogen) atoms. The van der Waals surface area contributed by atoms with Gasteiger partial charge in [-0.1, -0.05) is 36.0 Å². The highest BCUT2D eigenvalue weighted by atomic mass is 32.2. The molecule has 0 aliphatic carbocycles. The van der Waals surface area contributed by atoms with Crippen molar-refractivity contribution in [2.24, 2.45) is 0 Å². The van der Waals surface area contributed by atoms with Crippen molar-refractivity contribution < 1.29 is 9.13 Å². The maximum absolute atomic E-state index is 13.6. The molecule has 0 bridgehead atoms. The zero-order valence-corrected chi connectivity index (χ0v) is 18.4. The predicted octanol–water partition coefficient (Wildman–Crippen LogP) is 5.12. The summed E-state index contributed by atoms with van der Waals surface area (Å²) in [6.45, 7) is 1.51. The number of fused-ring (bicyclic) bond motifs is 1. The van der Waals surface area contributed by atoms with E-state index in [-0.39, 0.29) is 5.82 Å². The molecule has 0 fully saturated rings. The summed E-state index contributed by atoms with van der Waals surface area (Å²) in [4.78, 5) is 11.0. The molecule has 4 nitrogen and oxygen atoms in total.